The van der Waals surface area contributed by atoms with E-state index in [0.29, 0.717) is 25.1 Å². The van der Waals surface area contributed by atoms with Gasteiger partial charge in [-0.25, -0.2) is 4.39 Å². The van der Waals surface area contributed by atoms with Crippen molar-refractivity contribution >= 4 is 28.0 Å². The Labute approximate surface area is 228 Å². The number of amidine groups is 1. The molecule has 0 fully saturated rings. The van der Waals surface area contributed by atoms with Gasteiger partial charge in [0, 0.05) is 23.6 Å². The molecular weight excluding hydrogens is 507 g/mol. The lowest BCUT2D eigenvalue weighted by molar-refractivity contribution is -0.134. The summed E-state index contributed by atoms with van der Waals surface area (Å²) in [7, 11) is -1.20. The fraction of sp³-hybridized carbons (Fsp3) is 0.536. The zero-order chi connectivity index (χ0) is 28.7. The minimum atomic E-state index is -1.20. The number of aryl methyl sites for hydroxylation is 1. The van der Waals surface area contributed by atoms with Crippen LogP contribution in [0.5, 0.6) is 5.75 Å². The van der Waals surface area contributed by atoms with Crippen LogP contribution in [0.1, 0.15) is 46.6 Å². The first-order valence-electron chi connectivity index (χ1n) is 12.7. The fourth-order valence-corrected chi connectivity index (χ4v) is 4.29. The monoisotopic (exact) mass is 550 g/mol. The van der Waals surface area contributed by atoms with Crippen LogP contribution in [0.25, 0.3) is 0 Å². The molecule has 10 heteroatoms. The summed E-state index contributed by atoms with van der Waals surface area (Å²) in [4.78, 5) is 31.2. The number of rotatable bonds is 12. The van der Waals surface area contributed by atoms with Crippen molar-refractivity contribution in [1.29, 1.82) is 0 Å². The van der Waals surface area contributed by atoms with Crippen molar-refractivity contribution in [2.45, 2.75) is 58.8 Å². The molecule has 0 unspecified atom stereocenters. The predicted molar refractivity (Wildman–Crippen MR) is 154 cm³/mol. The lowest BCUT2D eigenvalue weighted by Crippen LogP contribution is -2.43. The van der Waals surface area contributed by atoms with Gasteiger partial charge >= 0.3 is 0 Å². The zero-order valence-corrected chi connectivity index (χ0v) is 24.7. The number of hydrogen-bond acceptors (Lipinski definition) is 5. The SMILES string of the molecule is Cc1cccc(OC2=CC(=O)N([C@@H](CC(C)C)C(=O)N=C(N)/C=C\NCCOS(C)(C)C(C)(C)C)C2)c1F. The molecule has 1 aromatic carbocycles. The number of benzene rings is 1. The minimum absolute atomic E-state index is 0.0238. The molecule has 0 aromatic heterocycles. The predicted octanol–water partition coefficient (Wildman–Crippen LogP) is 4.44. The molecular formula is C28H43FN4O4S. The molecule has 2 amide bonds. The second-order valence-corrected chi connectivity index (χ2v) is 15.0. The summed E-state index contributed by atoms with van der Waals surface area (Å²) in [5.74, 6) is -0.965. The Morgan fingerprint density at radius 2 is 2.00 bits per heavy atom. The fourth-order valence-electron chi connectivity index (χ4n) is 3.44. The van der Waals surface area contributed by atoms with Crippen LogP contribution in [0.4, 0.5) is 4.39 Å². The Bertz CT molecular complexity index is 1090. The van der Waals surface area contributed by atoms with E-state index in [1.165, 1.54) is 23.1 Å². The molecule has 0 saturated carbocycles. The van der Waals surface area contributed by atoms with E-state index in [2.05, 4.69) is 43.6 Å². The van der Waals surface area contributed by atoms with Crippen LogP contribution >= 0.6 is 10.3 Å². The lowest BCUT2D eigenvalue weighted by atomic mass is 10.0. The van der Waals surface area contributed by atoms with Crippen LogP contribution in [-0.4, -0.2) is 65.5 Å². The minimum Gasteiger partial charge on any atom is -0.457 e. The van der Waals surface area contributed by atoms with Gasteiger partial charge in [0.1, 0.15) is 17.6 Å². The van der Waals surface area contributed by atoms with E-state index in [0.717, 1.165) is 0 Å². The maximum absolute atomic E-state index is 14.4. The van der Waals surface area contributed by atoms with E-state index in [9.17, 15) is 14.0 Å². The summed E-state index contributed by atoms with van der Waals surface area (Å²) in [6.07, 6.45) is 9.09. The van der Waals surface area contributed by atoms with Crippen LogP contribution in [0.2, 0.25) is 0 Å². The molecule has 1 atom stereocenters. The highest BCUT2D eigenvalue weighted by molar-refractivity contribution is 8.29. The third-order valence-electron chi connectivity index (χ3n) is 6.36. The summed E-state index contributed by atoms with van der Waals surface area (Å²) >= 11 is 0. The molecule has 0 aliphatic carbocycles. The number of aliphatic imine (C=N–C) groups is 1. The van der Waals surface area contributed by atoms with Gasteiger partial charge in [0.2, 0.25) is 0 Å². The summed E-state index contributed by atoms with van der Waals surface area (Å²) in [6, 6.07) is 3.98. The van der Waals surface area contributed by atoms with E-state index in [1.54, 1.807) is 25.3 Å². The highest BCUT2D eigenvalue weighted by atomic mass is 32.3. The van der Waals surface area contributed by atoms with Gasteiger partial charge in [-0.15, -0.1) is 10.3 Å². The van der Waals surface area contributed by atoms with Gasteiger partial charge in [-0.3, -0.25) is 9.59 Å². The largest absolute Gasteiger partial charge is 0.457 e. The quantitative estimate of drug-likeness (QED) is 0.227. The first-order chi connectivity index (χ1) is 17.6. The first kappa shape index (κ1) is 31.4. The smallest absolute Gasteiger partial charge is 0.270 e. The maximum Gasteiger partial charge on any atom is 0.270 e. The Hall–Kier alpha value is -2.85. The van der Waals surface area contributed by atoms with Gasteiger partial charge in [0.15, 0.2) is 11.6 Å². The van der Waals surface area contributed by atoms with Crippen molar-refractivity contribution in [2.75, 3.05) is 32.2 Å². The molecule has 0 bridgehead atoms. The number of carbonyl (C=O) groups is 2. The van der Waals surface area contributed by atoms with Crippen molar-refractivity contribution in [1.82, 2.24) is 10.2 Å². The van der Waals surface area contributed by atoms with Crippen LogP contribution in [0.3, 0.4) is 0 Å². The molecule has 1 aliphatic rings. The number of nitrogens with one attached hydrogen (secondary N) is 1. The van der Waals surface area contributed by atoms with Gasteiger partial charge in [0.05, 0.1) is 13.2 Å². The van der Waals surface area contributed by atoms with Crippen LogP contribution in [0, 0.1) is 18.7 Å². The van der Waals surface area contributed by atoms with Gasteiger partial charge in [-0.1, -0.05) is 46.8 Å². The Kier molecular flexibility index (Phi) is 11.0. The van der Waals surface area contributed by atoms with Crippen LogP contribution < -0.4 is 15.8 Å². The number of nitrogens with zero attached hydrogens (tertiary/aromatic N) is 2. The van der Waals surface area contributed by atoms with Crippen LogP contribution in [-0.2, 0) is 13.8 Å². The molecule has 0 spiro atoms. The molecule has 38 heavy (non-hydrogen) atoms. The van der Waals surface area contributed by atoms with E-state index >= 15 is 0 Å². The Morgan fingerprint density at radius 3 is 2.63 bits per heavy atom. The third kappa shape index (κ3) is 8.87. The number of amides is 2. The highest BCUT2D eigenvalue weighted by Crippen LogP contribution is 2.53. The molecule has 0 saturated heterocycles. The Morgan fingerprint density at radius 1 is 1.32 bits per heavy atom. The number of nitrogens with two attached hydrogens (primary N) is 1. The zero-order valence-electron chi connectivity index (χ0n) is 23.8. The van der Waals surface area contributed by atoms with Crippen molar-refractivity contribution in [2.24, 2.45) is 16.6 Å². The summed E-state index contributed by atoms with van der Waals surface area (Å²) in [5, 5.41) is 3.09. The maximum atomic E-state index is 14.4. The molecule has 3 N–H and O–H groups in total. The van der Waals surface area contributed by atoms with Gasteiger partial charge in [-0.2, -0.15) is 4.99 Å². The van der Waals surface area contributed by atoms with Crippen molar-refractivity contribution < 1.29 is 22.9 Å². The second kappa shape index (κ2) is 13.3. The van der Waals surface area contributed by atoms with Crippen molar-refractivity contribution in [3.8, 4) is 5.75 Å². The molecule has 212 valence electrons. The molecule has 1 aliphatic heterocycles. The topological polar surface area (TPSA) is 106 Å². The van der Waals surface area contributed by atoms with Crippen molar-refractivity contribution in [3.63, 3.8) is 0 Å². The number of carbonyl (C=O) groups excluding carboxylic acids is 2. The van der Waals surface area contributed by atoms with E-state index in [4.69, 9.17) is 14.7 Å². The van der Waals surface area contributed by atoms with E-state index < -0.39 is 34.0 Å². The third-order valence-corrected chi connectivity index (χ3v) is 10.1. The molecule has 1 heterocycles. The molecule has 8 nitrogen and oxygen atoms in total. The average Bonchev–Trinajstić information content (AvgIpc) is 3.16. The number of ether oxygens (including phenoxy) is 1. The van der Waals surface area contributed by atoms with E-state index in [1.807, 2.05) is 13.8 Å². The Balaban J connectivity index is 1.99. The normalized spacial score (nSPS) is 16.3. The molecule has 1 aromatic rings. The summed E-state index contributed by atoms with van der Waals surface area (Å²) < 4.78 is 26.2. The van der Waals surface area contributed by atoms with Gasteiger partial charge < -0.3 is 24.9 Å². The summed E-state index contributed by atoms with van der Waals surface area (Å²) in [6.45, 7) is 13.2. The number of hydrogen-bond donors (Lipinski definition) is 2. The lowest BCUT2D eigenvalue weighted by Gasteiger charge is -2.43. The summed E-state index contributed by atoms with van der Waals surface area (Å²) in [5.41, 5.74) is 6.41. The highest BCUT2D eigenvalue weighted by Gasteiger charge is 2.35. The second-order valence-electron chi connectivity index (χ2n) is 11.0. The van der Waals surface area contributed by atoms with Crippen LogP contribution in [0.15, 0.2) is 47.3 Å². The standard InChI is InChI=1S/C28H43FN4O4S/c1-19(2)16-22(33-18-21(17-25(33)34)37-23-11-9-10-20(3)26(23)29)27(35)32-24(30)12-13-31-14-15-36-38(7,8)28(4,5)6/h9-13,17,19,22,31H,14-16,18H2,1-8H3,(H2,30,32,35)/b13-12-/t22-/m0/s1. The van der Waals surface area contributed by atoms with E-state index in [-0.39, 0.29) is 34.6 Å². The van der Waals surface area contributed by atoms with Crippen molar-refractivity contribution in [3.05, 3.63) is 53.7 Å². The van der Waals surface area contributed by atoms with Gasteiger partial charge in [0.25, 0.3) is 11.8 Å². The number of halogens is 1. The molecule has 0 radical (unpaired) electrons. The first-order valence-corrected chi connectivity index (χ1v) is 15.1. The molecule has 2 rings (SSSR count). The average molecular weight is 551 g/mol. The van der Waals surface area contributed by atoms with Gasteiger partial charge in [-0.05, 0) is 49.5 Å².